The van der Waals surface area contributed by atoms with Crippen molar-refractivity contribution >= 4 is 55.3 Å². The molecule has 0 amide bonds. The van der Waals surface area contributed by atoms with E-state index in [-0.39, 0.29) is 4.90 Å². The van der Waals surface area contributed by atoms with Crippen LogP contribution in [0.5, 0.6) is 0 Å². The Balaban J connectivity index is 1.35. The van der Waals surface area contributed by atoms with Crippen LogP contribution in [0.1, 0.15) is 5.56 Å². The van der Waals surface area contributed by atoms with E-state index >= 15 is 0 Å². The van der Waals surface area contributed by atoms with E-state index in [2.05, 4.69) is 18.6 Å². The Bertz CT molecular complexity index is 1330. The van der Waals surface area contributed by atoms with Gasteiger partial charge < -0.3 is 0 Å². The summed E-state index contributed by atoms with van der Waals surface area (Å²) in [5.41, 5.74) is 2.92. The van der Waals surface area contributed by atoms with Gasteiger partial charge in [0.2, 0.25) is 10.0 Å². The van der Waals surface area contributed by atoms with Gasteiger partial charge in [-0.05, 0) is 24.3 Å². The molecule has 154 valence electrons. The lowest BCUT2D eigenvalue weighted by atomic mass is 10.1. The van der Waals surface area contributed by atoms with Crippen LogP contribution < -0.4 is 0 Å². The number of benzene rings is 2. The van der Waals surface area contributed by atoms with Crippen molar-refractivity contribution in [3.63, 3.8) is 0 Å². The molecule has 4 aromatic rings. The monoisotopic (exact) mass is 459 g/mol. The first-order valence-corrected chi connectivity index (χ1v) is 12.0. The van der Waals surface area contributed by atoms with Crippen molar-refractivity contribution in [1.82, 2.24) is 22.9 Å². The Morgan fingerprint density at radius 3 is 2.63 bits per heavy atom. The van der Waals surface area contributed by atoms with Crippen molar-refractivity contribution in [2.45, 2.75) is 11.4 Å². The first-order valence-electron chi connectivity index (χ1n) is 9.50. The van der Waals surface area contributed by atoms with Gasteiger partial charge in [-0.1, -0.05) is 29.8 Å². The molecule has 1 fully saturated rings. The molecule has 2 aromatic carbocycles. The molecule has 0 unspecified atom stereocenters. The van der Waals surface area contributed by atoms with Gasteiger partial charge in [-0.2, -0.15) is 13.1 Å². The van der Waals surface area contributed by atoms with Gasteiger partial charge in [0.1, 0.15) is 15.9 Å². The molecule has 0 aliphatic carbocycles. The third-order valence-corrected chi connectivity index (χ3v) is 8.23. The lowest BCUT2D eigenvalue weighted by Gasteiger charge is -2.34. The summed E-state index contributed by atoms with van der Waals surface area (Å²) in [6, 6.07) is 12.9. The molecule has 0 radical (unpaired) electrons. The average Bonchev–Trinajstić information content (AvgIpc) is 3.25. The van der Waals surface area contributed by atoms with Gasteiger partial charge in [0.15, 0.2) is 0 Å². The van der Waals surface area contributed by atoms with Crippen molar-refractivity contribution < 1.29 is 8.42 Å². The van der Waals surface area contributed by atoms with E-state index in [1.165, 1.54) is 4.31 Å². The summed E-state index contributed by atoms with van der Waals surface area (Å²) in [6.45, 7) is 2.68. The largest absolute Gasteiger partial charge is 0.296 e. The van der Waals surface area contributed by atoms with Crippen molar-refractivity contribution in [2.24, 2.45) is 0 Å². The second-order valence-electron chi connectivity index (χ2n) is 7.17. The second kappa shape index (κ2) is 7.82. The molecule has 5 rings (SSSR count). The van der Waals surface area contributed by atoms with Gasteiger partial charge in [0.05, 0.1) is 17.2 Å². The number of piperazine rings is 1. The summed E-state index contributed by atoms with van der Waals surface area (Å²) >= 11 is 7.49. The number of halogens is 1. The van der Waals surface area contributed by atoms with Gasteiger partial charge in [0.25, 0.3) is 0 Å². The number of fused-ring (bicyclic) bond motifs is 2. The van der Waals surface area contributed by atoms with Crippen molar-refractivity contribution in [2.75, 3.05) is 26.2 Å². The molecule has 0 N–H and O–H groups in total. The predicted molar refractivity (Wildman–Crippen MR) is 118 cm³/mol. The minimum Gasteiger partial charge on any atom is -0.296 e. The fourth-order valence-electron chi connectivity index (χ4n) is 3.81. The van der Waals surface area contributed by atoms with E-state index in [4.69, 9.17) is 11.6 Å². The normalized spacial score (nSPS) is 16.4. The molecular formula is C20H18ClN5O2S2. The van der Waals surface area contributed by atoms with Crippen molar-refractivity contribution in [1.29, 1.82) is 0 Å². The highest BCUT2D eigenvalue weighted by Crippen LogP contribution is 2.28. The molecule has 30 heavy (non-hydrogen) atoms. The molecule has 3 heterocycles. The van der Waals surface area contributed by atoms with Gasteiger partial charge >= 0.3 is 0 Å². The van der Waals surface area contributed by atoms with Crippen LogP contribution in [0.3, 0.4) is 0 Å². The van der Waals surface area contributed by atoms with Gasteiger partial charge in [-0.15, -0.1) is 0 Å². The minimum absolute atomic E-state index is 0.225. The maximum Gasteiger partial charge on any atom is 0.245 e. The maximum atomic E-state index is 13.2. The van der Waals surface area contributed by atoms with E-state index in [0.717, 1.165) is 28.2 Å². The topological polar surface area (TPSA) is 79.3 Å². The van der Waals surface area contributed by atoms with Crippen LogP contribution >= 0.6 is 23.3 Å². The van der Waals surface area contributed by atoms with Crippen LogP contribution in [0, 0.1) is 0 Å². The lowest BCUT2D eigenvalue weighted by Crippen LogP contribution is -2.48. The quantitative estimate of drug-likeness (QED) is 0.465. The summed E-state index contributed by atoms with van der Waals surface area (Å²) in [7, 11) is -3.63. The summed E-state index contributed by atoms with van der Waals surface area (Å²) < 4.78 is 36.3. The van der Waals surface area contributed by atoms with Crippen LogP contribution in [0.2, 0.25) is 5.02 Å². The van der Waals surface area contributed by atoms with E-state index in [0.29, 0.717) is 48.8 Å². The van der Waals surface area contributed by atoms with Gasteiger partial charge in [-0.25, -0.2) is 8.42 Å². The van der Waals surface area contributed by atoms with Crippen LogP contribution in [0.25, 0.3) is 21.9 Å². The van der Waals surface area contributed by atoms with Crippen molar-refractivity contribution in [3.8, 4) is 0 Å². The third-order valence-electron chi connectivity index (χ3n) is 5.40. The SMILES string of the molecule is O=S(=O)(c1cccc2nsnc12)N1CCN(Cc2c(Cl)ccc3cccnc23)CC1. The molecule has 2 aromatic heterocycles. The fourth-order valence-corrected chi connectivity index (χ4v) is 6.20. The van der Waals surface area contributed by atoms with Crippen LogP contribution in [0.4, 0.5) is 0 Å². The summed E-state index contributed by atoms with van der Waals surface area (Å²) in [6.07, 6.45) is 1.76. The summed E-state index contributed by atoms with van der Waals surface area (Å²) in [4.78, 5) is 6.94. The summed E-state index contributed by atoms with van der Waals surface area (Å²) in [5.74, 6) is 0. The average molecular weight is 460 g/mol. The number of sulfonamides is 1. The molecule has 1 aliphatic rings. The van der Waals surface area contributed by atoms with Gasteiger partial charge in [0, 0.05) is 54.9 Å². The Morgan fingerprint density at radius 1 is 0.967 bits per heavy atom. The number of hydrogen-bond donors (Lipinski definition) is 0. The number of pyridine rings is 1. The Labute approximate surface area is 183 Å². The zero-order valence-corrected chi connectivity index (χ0v) is 18.3. The number of rotatable bonds is 4. The van der Waals surface area contributed by atoms with E-state index in [1.807, 2.05) is 24.3 Å². The zero-order valence-electron chi connectivity index (χ0n) is 15.9. The summed E-state index contributed by atoms with van der Waals surface area (Å²) in [5, 5.41) is 1.72. The molecule has 0 atom stereocenters. The first-order chi connectivity index (χ1) is 14.5. The highest BCUT2D eigenvalue weighted by molar-refractivity contribution is 7.89. The van der Waals surface area contributed by atoms with Crippen LogP contribution in [0.15, 0.2) is 53.6 Å². The lowest BCUT2D eigenvalue weighted by molar-refractivity contribution is 0.182. The second-order valence-corrected chi connectivity index (χ2v) is 10.0. The standard InChI is InChI=1S/C20H18ClN5O2S2/c21-16-7-6-14-3-2-8-22-19(14)15(16)13-25-9-11-26(12-10-25)30(27,28)18-5-1-4-17-20(18)24-29-23-17/h1-8H,9-13H2. The van der Waals surface area contributed by atoms with Crippen LogP contribution in [-0.2, 0) is 16.6 Å². The predicted octanol–water partition coefficient (Wildman–Crippen LogP) is 3.40. The number of hydrogen-bond acceptors (Lipinski definition) is 7. The van der Waals surface area contributed by atoms with Gasteiger partial charge in [-0.3, -0.25) is 9.88 Å². The van der Waals surface area contributed by atoms with Crippen LogP contribution in [-0.4, -0.2) is 57.5 Å². The molecular weight excluding hydrogens is 442 g/mol. The van der Waals surface area contributed by atoms with E-state index < -0.39 is 10.0 Å². The Morgan fingerprint density at radius 2 is 1.80 bits per heavy atom. The third kappa shape index (κ3) is 3.46. The Kier molecular flexibility index (Phi) is 5.16. The Hall–Kier alpha value is -2.17. The number of nitrogens with zero attached hydrogens (tertiary/aromatic N) is 5. The highest BCUT2D eigenvalue weighted by Gasteiger charge is 2.31. The fraction of sp³-hybridized carbons (Fsp3) is 0.250. The molecule has 1 aliphatic heterocycles. The van der Waals surface area contributed by atoms with E-state index in [9.17, 15) is 8.42 Å². The minimum atomic E-state index is -3.63. The molecule has 1 saturated heterocycles. The molecule has 10 heteroatoms. The maximum absolute atomic E-state index is 13.2. The molecule has 0 bridgehead atoms. The smallest absolute Gasteiger partial charge is 0.245 e. The first kappa shape index (κ1) is 19.8. The van der Waals surface area contributed by atoms with E-state index in [1.54, 1.807) is 24.4 Å². The highest BCUT2D eigenvalue weighted by atomic mass is 35.5. The zero-order chi connectivity index (χ0) is 20.7. The molecule has 0 spiro atoms. The molecule has 0 saturated carbocycles. The number of aromatic nitrogens is 3. The van der Waals surface area contributed by atoms with Crippen molar-refractivity contribution in [3.05, 3.63) is 59.2 Å². The molecule has 7 nitrogen and oxygen atoms in total.